The number of carbonyl (C=O) groups excluding carboxylic acids is 3. The molecule has 0 aliphatic rings. The molecule has 30 heavy (non-hydrogen) atoms. The van der Waals surface area contributed by atoms with E-state index in [1.165, 1.54) is 32.4 Å². The van der Waals surface area contributed by atoms with E-state index in [9.17, 15) is 14.4 Å². The molecule has 2 heterocycles. The van der Waals surface area contributed by atoms with Gasteiger partial charge in [0.2, 0.25) is 11.7 Å². The highest BCUT2D eigenvalue weighted by Crippen LogP contribution is 2.29. The van der Waals surface area contributed by atoms with E-state index in [1.807, 2.05) is 6.92 Å². The van der Waals surface area contributed by atoms with E-state index in [-0.39, 0.29) is 23.7 Å². The lowest BCUT2D eigenvalue weighted by Gasteiger charge is -2.10. The Hall–Kier alpha value is -3.75. The fourth-order valence-corrected chi connectivity index (χ4v) is 2.99. The molecule has 0 radical (unpaired) electrons. The van der Waals surface area contributed by atoms with Gasteiger partial charge in [0.05, 0.1) is 47.8 Å². The molecule has 0 unspecified atom stereocenters. The van der Waals surface area contributed by atoms with Crippen molar-refractivity contribution < 1.29 is 23.9 Å². The summed E-state index contributed by atoms with van der Waals surface area (Å²) in [5.41, 5.74) is 1.63. The van der Waals surface area contributed by atoms with Gasteiger partial charge in [-0.3, -0.25) is 14.6 Å². The van der Waals surface area contributed by atoms with Crippen LogP contribution in [0.1, 0.15) is 37.2 Å². The molecule has 3 aromatic rings. The van der Waals surface area contributed by atoms with Gasteiger partial charge in [-0.1, -0.05) is 13.3 Å². The molecular formula is C21H22N4O5. The first kappa shape index (κ1) is 21.0. The van der Waals surface area contributed by atoms with Crippen LogP contribution >= 0.6 is 0 Å². The minimum atomic E-state index is -0.725. The Kier molecular flexibility index (Phi) is 6.41. The minimum absolute atomic E-state index is 0.273. The van der Waals surface area contributed by atoms with E-state index < -0.39 is 6.09 Å². The lowest BCUT2D eigenvalue weighted by Crippen LogP contribution is -2.14. The van der Waals surface area contributed by atoms with Crippen molar-refractivity contribution in [1.29, 1.82) is 0 Å². The molecule has 156 valence electrons. The molecule has 3 rings (SSSR count). The largest absolute Gasteiger partial charge is 0.504 e. The van der Waals surface area contributed by atoms with E-state index in [1.54, 1.807) is 12.3 Å². The van der Waals surface area contributed by atoms with Gasteiger partial charge >= 0.3 is 6.09 Å². The first-order valence-corrected chi connectivity index (χ1v) is 9.45. The van der Waals surface area contributed by atoms with E-state index >= 15 is 0 Å². The quantitative estimate of drug-likeness (QED) is 0.267. The zero-order valence-electron chi connectivity index (χ0n) is 16.9. The number of rotatable bonds is 7. The number of nitrogens with one attached hydrogen (secondary N) is 2. The van der Waals surface area contributed by atoms with Gasteiger partial charge in [0, 0.05) is 30.0 Å². The van der Waals surface area contributed by atoms with Crippen molar-refractivity contribution in [2.75, 3.05) is 19.0 Å². The smallest absolute Gasteiger partial charge is 0.434 e. The summed E-state index contributed by atoms with van der Waals surface area (Å²) >= 11 is 0. The molecule has 0 saturated carbocycles. The molecule has 2 aromatic heterocycles. The Morgan fingerprint density at radius 3 is 2.80 bits per heavy atom. The maximum atomic E-state index is 12.4. The summed E-state index contributed by atoms with van der Waals surface area (Å²) in [5.74, 6) is -0.620. The molecule has 0 spiro atoms. The van der Waals surface area contributed by atoms with Gasteiger partial charge in [0.25, 0.3) is 0 Å². The van der Waals surface area contributed by atoms with E-state index in [0.29, 0.717) is 33.2 Å². The molecule has 0 bridgehead atoms. The van der Waals surface area contributed by atoms with Crippen LogP contribution in [0.4, 0.5) is 10.5 Å². The topological polar surface area (TPSA) is 123 Å². The molecule has 0 aliphatic carbocycles. The lowest BCUT2D eigenvalue weighted by molar-refractivity contribution is -0.114. The molecule has 1 aromatic carbocycles. The number of ether oxygens (including phenoxy) is 2. The number of aromatic amines is 1. The lowest BCUT2D eigenvalue weighted by atomic mass is 10.1. The predicted molar refractivity (Wildman–Crippen MR) is 111 cm³/mol. The molecule has 0 aliphatic heterocycles. The van der Waals surface area contributed by atoms with Crippen LogP contribution in [0, 0.1) is 0 Å². The fourth-order valence-electron chi connectivity index (χ4n) is 2.99. The molecule has 9 heteroatoms. The van der Waals surface area contributed by atoms with Crippen molar-refractivity contribution >= 4 is 45.3 Å². The molecule has 0 atom stereocenters. The van der Waals surface area contributed by atoms with Crippen molar-refractivity contribution in [2.24, 2.45) is 4.99 Å². The summed E-state index contributed by atoms with van der Waals surface area (Å²) in [4.78, 5) is 47.6. The second-order valence-electron chi connectivity index (χ2n) is 6.60. The molecule has 0 fully saturated rings. The van der Waals surface area contributed by atoms with Crippen molar-refractivity contribution in [3.63, 3.8) is 0 Å². The molecule has 9 nitrogen and oxygen atoms in total. The van der Waals surface area contributed by atoms with Crippen LogP contribution < -0.4 is 10.7 Å². The number of aromatic nitrogens is 2. The summed E-state index contributed by atoms with van der Waals surface area (Å²) in [6.07, 6.45) is 5.06. The van der Waals surface area contributed by atoms with Crippen LogP contribution in [0.15, 0.2) is 35.7 Å². The van der Waals surface area contributed by atoms with Gasteiger partial charge in [0.1, 0.15) is 0 Å². The second-order valence-corrected chi connectivity index (χ2v) is 6.60. The van der Waals surface area contributed by atoms with Crippen molar-refractivity contribution in [3.05, 3.63) is 41.7 Å². The molecule has 2 N–H and O–H groups in total. The van der Waals surface area contributed by atoms with Crippen LogP contribution in [0.5, 0.6) is 0 Å². The number of carbonyl (C=O) groups is 3. The number of allylic oxidation sites excluding steroid dienone is 1. The van der Waals surface area contributed by atoms with Gasteiger partial charge < -0.3 is 19.8 Å². The number of anilines is 1. The number of ketones is 1. The highest BCUT2D eigenvalue weighted by atomic mass is 16.5. The van der Waals surface area contributed by atoms with Gasteiger partial charge in [-0.25, -0.2) is 4.79 Å². The van der Waals surface area contributed by atoms with Crippen LogP contribution in [0.2, 0.25) is 0 Å². The Bertz CT molecular complexity index is 1200. The number of hydrogen-bond acceptors (Lipinski definition) is 6. The Morgan fingerprint density at radius 1 is 1.30 bits per heavy atom. The number of methoxy groups -OCH3 is 1. The minimum Gasteiger partial charge on any atom is -0.504 e. The SMILES string of the molecule is CCCCOC(=O)/N=c1\cc(NC(C)=O)c2[nH]c(C(=O)/C=C\OC)cc3cnc1c32. The summed E-state index contributed by atoms with van der Waals surface area (Å²) in [6, 6.07) is 3.17. The Balaban J connectivity index is 2.18. The molecule has 2 amide bonds. The highest BCUT2D eigenvalue weighted by Gasteiger charge is 2.17. The number of pyridine rings is 1. The normalized spacial score (nSPS) is 12.0. The predicted octanol–water partition coefficient (Wildman–Crippen LogP) is 3.29. The summed E-state index contributed by atoms with van der Waals surface area (Å²) < 4.78 is 9.90. The number of amides is 2. The zero-order chi connectivity index (χ0) is 21.7. The van der Waals surface area contributed by atoms with Gasteiger partial charge in [-0.2, -0.15) is 4.99 Å². The Morgan fingerprint density at radius 2 is 2.10 bits per heavy atom. The van der Waals surface area contributed by atoms with E-state index in [0.717, 1.165) is 12.8 Å². The first-order chi connectivity index (χ1) is 14.4. The average molecular weight is 410 g/mol. The molecular weight excluding hydrogens is 388 g/mol. The zero-order valence-corrected chi connectivity index (χ0v) is 16.9. The van der Waals surface area contributed by atoms with Gasteiger partial charge in [-0.05, 0) is 18.6 Å². The third-order valence-electron chi connectivity index (χ3n) is 4.33. The van der Waals surface area contributed by atoms with Gasteiger partial charge in [0.15, 0.2) is 0 Å². The standard InChI is InChI=1S/C21H22N4O5/c1-4-5-7-30-21(28)25-15-10-16(23-12(2)26)20-18-13(11-22-19(15)18)9-14(24-20)17(27)6-8-29-3/h6,8-11,24H,4-5,7H2,1-3H3,(H,23,26)/b8-6-,25-15+. The first-order valence-electron chi connectivity index (χ1n) is 9.45. The maximum Gasteiger partial charge on any atom is 0.434 e. The van der Waals surface area contributed by atoms with Crippen molar-refractivity contribution in [1.82, 2.24) is 9.97 Å². The van der Waals surface area contributed by atoms with E-state index in [2.05, 4.69) is 20.3 Å². The summed E-state index contributed by atoms with van der Waals surface area (Å²) in [5, 5.41) is 4.30. The Labute approximate surface area is 172 Å². The third kappa shape index (κ3) is 4.45. The summed E-state index contributed by atoms with van der Waals surface area (Å²) in [7, 11) is 1.44. The second kappa shape index (κ2) is 9.17. The van der Waals surface area contributed by atoms with Crippen LogP contribution in [-0.4, -0.2) is 41.5 Å². The third-order valence-corrected chi connectivity index (χ3v) is 4.33. The van der Waals surface area contributed by atoms with Crippen LogP contribution in [0.3, 0.4) is 0 Å². The molecule has 0 saturated heterocycles. The summed E-state index contributed by atoms with van der Waals surface area (Å²) in [6.45, 7) is 3.64. The number of hydrogen-bond donors (Lipinski definition) is 2. The fraction of sp³-hybridized carbons (Fsp3) is 0.286. The van der Waals surface area contributed by atoms with Gasteiger partial charge in [-0.15, -0.1) is 0 Å². The monoisotopic (exact) mass is 410 g/mol. The van der Waals surface area contributed by atoms with E-state index in [4.69, 9.17) is 9.47 Å². The van der Waals surface area contributed by atoms with Crippen molar-refractivity contribution in [3.8, 4) is 0 Å². The number of benzene rings is 1. The number of H-pyrrole nitrogens is 1. The average Bonchev–Trinajstić information content (AvgIpc) is 3.14. The number of unbranched alkanes of at least 4 members (excludes halogenated alkanes) is 1. The highest BCUT2D eigenvalue weighted by molar-refractivity contribution is 6.16. The van der Waals surface area contributed by atoms with Crippen LogP contribution in [0.25, 0.3) is 21.8 Å². The number of nitrogens with zero attached hydrogens (tertiary/aromatic N) is 2. The maximum absolute atomic E-state index is 12.4. The van der Waals surface area contributed by atoms with Crippen molar-refractivity contribution in [2.45, 2.75) is 26.7 Å². The van der Waals surface area contributed by atoms with Crippen LogP contribution in [-0.2, 0) is 14.3 Å².